The lowest BCUT2D eigenvalue weighted by Crippen LogP contribution is -2.22. The number of likely N-dealkylation sites (N-methyl/N-ethyl adjacent to an activating group) is 1. The zero-order chi connectivity index (χ0) is 11.3. The summed E-state index contributed by atoms with van der Waals surface area (Å²) in [6.45, 7) is 5.81. The van der Waals surface area contributed by atoms with Gasteiger partial charge in [-0.05, 0) is 13.8 Å². The fourth-order valence-corrected chi connectivity index (χ4v) is 1.07. The molecular weight excluding hydrogens is 218 g/mol. The number of hydrogen-bond acceptors (Lipinski definition) is 5. The van der Waals surface area contributed by atoms with Crippen LogP contribution in [0.5, 0.6) is 0 Å². The molecule has 0 aliphatic rings. The normalized spacial score (nSPS) is 12.8. The highest BCUT2D eigenvalue weighted by molar-refractivity contribution is 6.20. The Balaban J connectivity index is 2.47. The Labute approximate surface area is 94.4 Å². The molecule has 1 heterocycles. The van der Waals surface area contributed by atoms with Gasteiger partial charge in [0.05, 0.1) is 6.61 Å². The Hall–Kier alpha value is -0.810. The average Bonchev–Trinajstić information content (AvgIpc) is 2.66. The molecule has 1 rings (SSSR count). The van der Waals surface area contributed by atoms with Crippen molar-refractivity contribution in [2.24, 2.45) is 0 Å². The number of nitrogens with zero attached hydrogens (tertiary/aromatic N) is 3. The molecular formula is C9H16ClN3O2. The topological polar surface area (TPSA) is 51.4 Å². The zero-order valence-corrected chi connectivity index (χ0v) is 9.99. The van der Waals surface area contributed by atoms with E-state index < -0.39 is 0 Å². The Bertz CT molecular complexity index is 291. The van der Waals surface area contributed by atoms with Crippen molar-refractivity contribution in [3.8, 4) is 0 Å². The summed E-state index contributed by atoms with van der Waals surface area (Å²) in [7, 11) is 1.87. The van der Waals surface area contributed by atoms with E-state index in [1.807, 2.05) is 18.9 Å². The third-order valence-electron chi connectivity index (χ3n) is 1.87. The van der Waals surface area contributed by atoms with Gasteiger partial charge in [-0.25, -0.2) is 0 Å². The molecule has 1 unspecified atom stereocenters. The number of halogens is 1. The molecule has 0 saturated heterocycles. The van der Waals surface area contributed by atoms with Gasteiger partial charge in [-0.15, -0.1) is 16.7 Å². The Morgan fingerprint density at radius 3 is 2.80 bits per heavy atom. The second-order valence-electron chi connectivity index (χ2n) is 3.16. The van der Waals surface area contributed by atoms with E-state index in [-0.39, 0.29) is 5.38 Å². The van der Waals surface area contributed by atoms with Gasteiger partial charge >= 0.3 is 6.01 Å². The fraction of sp³-hybridized carbons (Fsp3) is 0.778. The van der Waals surface area contributed by atoms with Crippen LogP contribution in [0.1, 0.15) is 25.1 Å². The highest BCUT2D eigenvalue weighted by atomic mass is 35.5. The maximum Gasteiger partial charge on any atom is 0.318 e. The van der Waals surface area contributed by atoms with Crippen LogP contribution in [0.2, 0.25) is 0 Å². The maximum atomic E-state index is 5.81. The number of aromatic nitrogens is 2. The van der Waals surface area contributed by atoms with Gasteiger partial charge < -0.3 is 14.1 Å². The summed E-state index contributed by atoms with van der Waals surface area (Å²) in [5.41, 5.74) is 0. The number of alkyl halides is 1. The van der Waals surface area contributed by atoms with Crippen LogP contribution < -0.4 is 4.90 Å². The summed E-state index contributed by atoms with van der Waals surface area (Å²) in [5, 5.41) is 7.46. The van der Waals surface area contributed by atoms with E-state index in [2.05, 4.69) is 10.2 Å². The zero-order valence-electron chi connectivity index (χ0n) is 9.23. The summed E-state index contributed by atoms with van der Waals surface area (Å²) < 4.78 is 10.6. The molecule has 0 N–H and O–H groups in total. The monoisotopic (exact) mass is 233 g/mol. The minimum absolute atomic E-state index is 0.258. The first-order valence-corrected chi connectivity index (χ1v) is 5.35. The molecule has 1 atom stereocenters. The Kier molecular flexibility index (Phi) is 4.84. The number of hydrogen-bond donors (Lipinski definition) is 0. The van der Waals surface area contributed by atoms with E-state index in [9.17, 15) is 0 Å². The summed E-state index contributed by atoms with van der Waals surface area (Å²) in [6, 6.07) is 0.470. The first kappa shape index (κ1) is 12.3. The SMILES string of the molecule is CCOCCN(C)c1nnc(C(C)Cl)o1. The third kappa shape index (κ3) is 3.68. The Morgan fingerprint density at radius 1 is 1.53 bits per heavy atom. The van der Waals surface area contributed by atoms with Gasteiger partial charge in [0.2, 0.25) is 5.89 Å². The first-order chi connectivity index (χ1) is 7.15. The molecule has 0 aliphatic carbocycles. The number of anilines is 1. The smallest absolute Gasteiger partial charge is 0.318 e. The molecule has 0 spiro atoms. The van der Waals surface area contributed by atoms with E-state index in [4.69, 9.17) is 20.8 Å². The lowest BCUT2D eigenvalue weighted by molar-refractivity contribution is 0.154. The molecule has 0 aliphatic heterocycles. The third-order valence-corrected chi connectivity index (χ3v) is 2.06. The molecule has 0 saturated carbocycles. The minimum atomic E-state index is -0.258. The van der Waals surface area contributed by atoms with Crippen molar-refractivity contribution in [3.05, 3.63) is 5.89 Å². The lowest BCUT2D eigenvalue weighted by atomic mass is 10.5. The summed E-state index contributed by atoms with van der Waals surface area (Å²) in [6.07, 6.45) is 0. The standard InChI is InChI=1S/C9H16ClN3O2/c1-4-14-6-5-13(3)9-12-11-8(15-9)7(2)10/h7H,4-6H2,1-3H3. The molecule has 1 aromatic rings. The van der Waals surface area contributed by atoms with Crippen LogP contribution in [0.4, 0.5) is 6.01 Å². The molecule has 0 radical (unpaired) electrons. The summed E-state index contributed by atoms with van der Waals surface area (Å²) >= 11 is 5.81. The quantitative estimate of drug-likeness (QED) is 0.554. The van der Waals surface area contributed by atoms with Crippen LogP contribution in [0.25, 0.3) is 0 Å². The molecule has 0 aromatic carbocycles. The molecule has 0 bridgehead atoms. The minimum Gasteiger partial charge on any atom is -0.406 e. The van der Waals surface area contributed by atoms with Crippen molar-refractivity contribution in [1.82, 2.24) is 10.2 Å². The van der Waals surface area contributed by atoms with Crippen molar-refractivity contribution in [3.63, 3.8) is 0 Å². The molecule has 15 heavy (non-hydrogen) atoms. The second kappa shape index (κ2) is 5.92. The molecule has 86 valence electrons. The molecule has 5 nitrogen and oxygen atoms in total. The number of rotatable bonds is 6. The van der Waals surface area contributed by atoms with E-state index >= 15 is 0 Å². The van der Waals surface area contributed by atoms with Gasteiger partial charge in [-0.1, -0.05) is 5.10 Å². The highest BCUT2D eigenvalue weighted by Gasteiger charge is 2.13. The van der Waals surface area contributed by atoms with Gasteiger partial charge in [-0.2, -0.15) is 0 Å². The van der Waals surface area contributed by atoms with Gasteiger partial charge in [0.15, 0.2) is 0 Å². The Morgan fingerprint density at radius 2 is 2.27 bits per heavy atom. The second-order valence-corrected chi connectivity index (χ2v) is 3.81. The molecule has 1 aromatic heterocycles. The van der Waals surface area contributed by atoms with Crippen LogP contribution in [-0.2, 0) is 4.74 Å². The number of ether oxygens (including phenoxy) is 1. The van der Waals surface area contributed by atoms with Gasteiger partial charge in [0.25, 0.3) is 0 Å². The van der Waals surface area contributed by atoms with Crippen molar-refractivity contribution >= 4 is 17.6 Å². The maximum absolute atomic E-state index is 5.81. The van der Waals surface area contributed by atoms with Crippen LogP contribution in [0.3, 0.4) is 0 Å². The summed E-state index contributed by atoms with van der Waals surface area (Å²) in [4.78, 5) is 1.84. The molecule has 0 amide bonds. The van der Waals surface area contributed by atoms with Gasteiger partial charge in [0.1, 0.15) is 5.38 Å². The molecule has 0 fully saturated rings. The van der Waals surface area contributed by atoms with E-state index in [1.165, 1.54) is 0 Å². The van der Waals surface area contributed by atoms with Crippen molar-refractivity contribution in [2.75, 3.05) is 31.7 Å². The van der Waals surface area contributed by atoms with Crippen LogP contribution in [0.15, 0.2) is 4.42 Å². The van der Waals surface area contributed by atoms with Crippen molar-refractivity contribution in [1.29, 1.82) is 0 Å². The predicted octanol–water partition coefficient (Wildman–Crippen LogP) is 1.84. The van der Waals surface area contributed by atoms with Crippen molar-refractivity contribution in [2.45, 2.75) is 19.2 Å². The summed E-state index contributed by atoms with van der Waals surface area (Å²) in [5.74, 6) is 0.440. The van der Waals surface area contributed by atoms with Gasteiger partial charge in [-0.3, -0.25) is 0 Å². The van der Waals surface area contributed by atoms with Crippen LogP contribution in [-0.4, -0.2) is 37.0 Å². The first-order valence-electron chi connectivity index (χ1n) is 4.91. The molecule has 6 heteroatoms. The van der Waals surface area contributed by atoms with E-state index in [1.54, 1.807) is 6.92 Å². The lowest BCUT2D eigenvalue weighted by Gasteiger charge is -2.12. The van der Waals surface area contributed by atoms with Crippen LogP contribution in [0, 0.1) is 0 Å². The van der Waals surface area contributed by atoms with Crippen LogP contribution >= 0.6 is 11.6 Å². The van der Waals surface area contributed by atoms with Gasteiger partial charge in [0, 0.05) is 20.2 Å². The van der Waals surface area contributed by atoms with Crippen molar-refractivity contribution < 1.29 is 9.15 Å². The predicted molar refractivity (Wildman–Crippen MR) is 58.3 cm³/mol. The average molecular weight is 234 g/mol. The highest BCUT2D eigenvalue weighted by Crippen LogP contribution is 2.20. The van der Waals surface area contributed by atoms with E-state index in [0.717, 1.165) is 0 Å². The fourth-order valence-electron chi connectivity index (χ4n) is 0.983. The largest absolute Gasteiger partial charge is 0.406 e. The van der Waals surface area contributed by atoms with E-state index in [0.29, 0.717) is 31.7 Å².